The number of ether oxygens (including phenoxy) is 1. The third kappa shape index (κ3) is 3.40. The molecule has 2 aromatic rings. The molecule has 0 aliphatic heterocycles. The smallest absolute Gasteiger partial charge is 0.163 e. The molecule has 0 aliphatic carbocycles. The largest absolute Gasteiger partial charge is 0.456 e. The number of rotatable bonds is 4. The summed E-state index contributed by atoms with van der Waals surface area (Å²) in [6.45, 7) is 1.48. The van der Waals surface area contributed by atoms with Crippen molar-refractivity contribution >= 4 is 11.5 Å². The summed E-state index contributed by atoms with van der Waals surface area (Å²) in [5, 5.41) is 8.98. The van der Waals surface area contributed by atoms with Gasteiger partial charge in [0, 0.05) is 25.8 Å². The number of hydrogen-bond donors (Lipinski definition) is 0. The second kappa shape index (κ2) is 6.10. The number of Topliss-reactive ketones (excluding diaryl/α,β-unsaturated/α-hetero) is 1. The van der Waals surface area contributed by atoms with Gasteiger partial charge in [0.2, 0.25) is 0 Å². The second-order valence-electron chi connectivity index (χ2n) is 4.87. The first kappa shape index (κ1) is 14.6. The summed E-state index contributed by atoms with van der Waals surface area (Å²) in [6, 6.07) is 14.4. The van der Waals surface area contributed by atoms with E-state index in [1.807, 2.05) is 49.3 Å². The Balaban J connectivity index is 2.41. The minimum Gasteiger partial charge on any atom is -0.456 e. The molecular formula is C17H16N2O2. The van der Waals surface area contributed by atoms with Gasteiger partial charge in [-0.05, 0) is 37.3 Å². The van der Waals surface area contributed by atoms with E-state index in [0.29, 0.717) is 22.6 Å². The van der Waals surface area contributed by atoms with Crippen LogP contribution in [0, 0.1) is 11.3 Å². The molecule has 0 unspecified atom stereocenters. The molecule has 0 radical (unpaired) electrons. The lowest BCUT2D eigenvalue weighted by atomic mass is 10.1. The lowest BCUT2D eigenvalue weighted by molar-refractivity contribution is 0.101. The monoisotopic (exact) mass is 280 g/mol. The van der Waals surface area contributed by atoms with Gasteiger partial charge in [-0.15, -0.1) is 0 Å². The predicted octanol–water partition coefficient (Wildman–Crippen LogP) is 3.62. The summed E-state index contributed by atoms with van der Waals surface area (Å²) in [7, 11) is 3.88. The Morgan fingerprint density at radius 3 is 2.57 bits per heavy atom. The van der Waals surface area contributed by atoms with Gasteiger partial charge in [0.25, 0.3) is 0 Å². The Labute approximate surface area is 124 Å². The Kier molecular flexibility index (Phi) is 4.24. The van der Waals surface area contributed by atoms with Crippen molar-refractivity contribution in [1.82, 2.24) is 0 Å². The minimum absolute atomic E-state index is 0.0988. The van der Waals surface area contributed by atoms with E-state index in [-0.39, 0.29) is 5.78 Å². The highest BCUT2D eigenvalue weighted by Crippen LogP contribution is 2.29. The van der Waals surface area contributed by atoms with Gasteiger partial charge in [0.1, 0.15) is 11.5 Å². The predicted molar refractivity (Wildman–Crippen MR) is 82.0 cm³/mol. The van der Waals surface area contributed by atoms with Gasteiger partial charge in [0.15, 0.2) is 5.78 Å². The summed E-state index contributed by atoms with van der Waals surface area (Å²) in [5.41, 5.74) is 1.91. The van der Waals surface area contributed by atoms with Crippen molar-refractivity contribution in [3.8, 4) is 17.6 Å². The molecule has 21 heavy (non-hydrogen) atoms. The number of ketones is 1. The molecule has 106 valence electrons. The minimum atomic E-state index is -0.0988. The molecule has 0 saturated heterocycles. The number of nitriles is 1. The summed E-state index contributed by atoms with van der Waals surface area (Å²) in [5.74, 6) is 0.925. The molecule has 0 fully saturated rings. The van der Waals surface area contributed by atoms with Crippen molar-refractivity contribution in [1.29, 1.82) is 5.26 Å². The first-order valence-corrected chi connectivity index (χ1v) is 6.51. The van der Waals surface area contributed by atoms with Crippen LogP contribution < -0.4 is 9.64 Å². The number of nitrogens with zero attached hydrogens (tertiary/aromatic N) is 2. The van der Waals surface area contributed by atoms with E-state index in [0.717, 1.165) is 5.69 Å². The highest BCUT2D eigenvalue weighted by molar-refractivity contribution is 5.97. The van der Waals surface area contributed by atoms with E-state index < -0.39 is 0 Å². The summed E-state index contributed by atoms with van der Waals surface area (Å²) < 4.78 is 5.81. The average Bonchev–Trinajstić information content (AvgIpc) is 2.47. The molecule has 4 heteroatoms. The molecule has 0 heterocycles. The van der Waals surface area contributed by atoms with Crippen molar-refractivity contribution in [2.24, 2.45) is 0 Å². The Morgan fingerprint density at radius 1 is 1.19 bits per heavy atom. The first-order valence-electron chi connectivity index (χ1n) is 6.51. The molecule has 0 saturated carbocycles. The number of benzene rings is 2. The maximum atomic E-state index is 11.7. The zero-order valence-electron chi connectivity index (χ0n) is 12.3. The molecule has 0 spiro atoms. The molecular weight excluding hydrogens is 264 g/mol. The van der Waals surface area contributed by atoms with Crippen LogP contribution in [0.1, 0.15) is 22.8 Å². The van der Waals surface area contributed by atoms with Crippen LogP contribution in [0.4, 0.5) is 5.69 Å². The molecule has 4 nitrogen and oxygen atoms in total. The Morgan fingerprint density at radius 2 is 1.95 bits per heavy atom. The summed E-state index contributed by atoms with van der Waals surface area (Å²) >= 11 is 0. The van der Waals surface area contributed by atoms with E-state index in [9.17, 15) is 4.79 Å². The van der Waals surface area contributed by atoms with Crippen molar-refractivity contribution in [3.63, 3.8) is 0 Å². The highest BCUT2D eigenvalue weighted by Gasteiger charge is 2.11. The van der Waals surface area contributed by atoms with E-state index >= 15 is 0 Å². The normalized spacial score (nSPS) is 9.81. The fraction of sp³-hybridized carbons (Fsp3) is 0.176. The van der Waals surface area contributed by atoms with E-state index in [1.165, 1.54) is 6.92 Å². The Hall–Kier alpha value is -2.80. The van der Waals surface area contributed by atoms with Crippen LogP contribution in [-0.2, 0) is 0 Å². The third-order valence-corrected chi connectivity index (χ3v) is 3.05. The van der Waals surface area contributed by atoms with Crippen LogP contribution in [0.2, 0.25) is 0 Å². The van der Waals surface area contributed by atoms with Gasteiger partial charge >= 0.3 is 0 Å². The molecule has 0 N–H and O–H groups in total. The number of anilines is 1. The van der Waals surface area contributed by atoms with Crippen molar-refractivity contribution in [2.75, 3.05) is 19.0 Å². The highest BCUT2D eigenvalue weighted by atomic mass is 16.5. The van der Waals surface area contributed by atoms with Crippen molar-refractivity contribution in [2.45, 2.75) is 6.92 Å². The molecule has 0 bridgehead atoms. The quantitative estimate of drug-likeness (QED) is 0.803. The Bertz CT molecular complexity index is 715. The van der Waals surface area contributed by atoms with Gasteiger partial charge in [-0.3, -0.25) is 4.79 Å². The topological polar surface area (TPSA) is 53.3 Å². The molecule has 0 aromatic heterocycles. The maximum Gasteiger partial charge on any atom is 0.163 e. The van der Waals surface area contributed by atoms with Gasteiger partial charge in [-0.25, -0.2) is 0 Å². The van der Waals surface area contributed by atoms with Gasteiger partial charge in [-0.2, -0.15) is 5.26 Å². The van der Waals surface area contributed by atoms with E-state index in [1.54, 1.807) is 18.2 Å². The zero-order valence-corrected chi connectivity index (χ0v) is 12.3. The van der Waals surface area contributed by atoms with Gasteiger partial charge < -0.3 is 9.64 Å². The lowest BCUT2D eigenvalue weighted by Crippen LogP contribution is -2.08. The average molecular weight is 280 g/mol. The molecule has 0 amide bonds. The summed E-state index contributed by atoms with van der Waals surface area (Å²) in [6.07, 6.45) is 0. The number of carbonyl (C=O) groups is 1. The van der Waals surface area contributed by atoms with Crippen LogP contribution >= 0.6 is 0 Å². The molecule has 0 atom stereocenters. The fourth-order valence-electron chi connectivity index (χ4n) is 1.92. The lowest BCUT2D eigenvalue weighted by Gasteiger charge is -2.15. The number of hydrogen-bond acceptors (Lipinski definition) is 4. The zero-order chi connectivity index (χ0) is 15.4. The van der Waals surface area contributed by atoms with Crippen molar-refractivity contribution in [3.05, 3.63) is 53.6 Å². The molecule has 2 rings (SSSR count). The number of carbonyl (C=O) groups excluding carboxylic acids is 1. The first-order chi connectivity index (χ1) is 10.0. The molecule has 0 aliphatic rings. The van der Waals surface area contributed by atoms with Crippen LogP contribution in [0.15, 0.2) is 42.5 Å². The molecule has 2 aromatic carbocycles. The van der Waals surface area contributed by atoms with Crippen LogP contribution in [-0.4, -0.2) is 19.9 Å². The van der Waals surface area contributed by atoms with Crippen LogP contribution in [0.3, 0.4) is 0 Å². The van der Waals surface area contributed by atoms with Gasteiger partial charge in [-0.1, -0.05) is 6.07 Å². The van der Waals surface area contributed by atoms with E-state index in [2.05, 4.69) is 0 Å². The van der Waals surface area contributed by atoms with Crippen LogP contribution in [0.5, 0.6) is 11.5 Å². The van der Waals surface area contributed by atoms with Crippen LogP contribution in [0.25, 0.3) is 0 Å². The van der Waals surface area contributed by atoms with E-state index in [4.69, 9.17) is 10.00 Å². The standard InChI is InChI=1S/C17H16N2O2/c1-12(20)16-8-7-13(11-18)9-17(16)21-15-6-4-5-14(10-15)19(2)3/h4-10H,1-3H3. The third-order valence-electron chi connectivity index (χ3n) is 3.05. The van der Waals surface area contributed by atoms with Crippen molar-refractivity contribution < 1.29 is 9.53 Å². The SMILES string of the molecule is CC(=O)c1ccc(C#N)cc1Oc1cccc(N(C)C)c1. The summed E-state index contributed by atoms with van der Waals surface area (Å²) in [4.78, 5) is 13.6. The maximum absolute atomic E-state index is 11.7. The van der Waals surface area contributed by atoms with Gasteiger partial charge in [0.05, 0.1) is 17.2 Å². The second-order valence-corrected chi connectivity index (χ2v) is 4.87. The fourth-order valence-corrected chi connectivity index (χ4v) is 1.92.